The Balaban J connectivity index is 2.25. The van der Waals surface area contributed by atoms with Gasteiger partial charge in [-0.3, -0.25) is 0 Å². The Morgan fingerprint density at radius 3 is 1.40 bits per heavy atom. The van der Waals surface area contributed by atoms with Gasteiger partial charge in [-0.2, -0.15) is 0 Å². The molecule has 0 atom stereocenters. The van der Waals surface area contributed by atoms with Gasteiger partial charge in [-0.05, 0) is 25.0 Å². The fraction of sp³-hybridized carbons (Fsp3) is 0.500. The lowest BCUT2D eigenvalue weighted by atomic mass is 10.1. The van der Waals surface area contributed by atoms with E-state index in [2.05, 4.69) is 0 Å². The SMILES string of the molecule is NCCOCCCS(=O)(=O)c1cccc2c(S(=O)(=O)CCCOCCN)cccc12. The molecule has 8 nitrogen and oxygen atoms in total. The molecule has 0 aliphatic heterocycles. The Morgan fingerprint density at radius 2 is 1.03 bits per heavy atom. The van der Waals surface area contributed by atoms with Gasteiger partial charge in [0, 0.05) is 37.1 Å². The van der Waals surface area contributed by atoms with Crippen LogP contribution < -0.4 is 11.5 Å². The van der Waals surface area contributed by atoms with Crippen LogP contribution in [0.3, 0.4) is 0 Å². The molecule has 4 N–H and O–H groups in total. The summed E-state index contributed by atoms with van der Waals surface area (Å²) in [6.45, 7) is 2.12. The van der Waals surface area contributed by atoms with Crippen molar-refractivity contribution >= 4 is 30.4 Å². The second-order valence-corrected chi connectivity index (χ2v) is 10.9. The van der Waals surface area contributed by atoms with Crippen molar-refractivity contribution in [3.05, 3.63) is 36.4 Å². The summed E-state index contributed by atoms with van der Waals surface area (Å²) >= 11 is 0. The Kier molecular flexibility index (Phi) is 9.66. The molecular formula is C20H30N2O6S2. The molecule has 0 aromatic heterocycles. The van der Waals surface area contributed by atoms with Crippen LogP contribution in [0.2, 0.25) is 0 Å². The topological polar surface area (TPSA) is 139 Å². The van der Waals surface area contributed by atoms with E-state index in [4.69, 9.17) is 20.9 Å². The third-order valence-corrected chi connectivity index (χ3v) is 8.14. The largest absolute Gasteiger partial charge is 0.380 e. The molecule has 2 rings (SSSR count). The number of benzene rings is 2. The standard InChI is InChI=1S/C20H30N2O6S2/c21-9-13-27-11-3-15-29(23,24)19-7-1-5-17-18(19)6-2-8-20(17)30(25,26)16-4-12-28-14-10-22/h1-2,5-8H,3-4,9-16,21-22H2. The number of fused-ring (bicyclic) bond motifs is 1. The summed E-state index contributed by atoms with van der Waals surface area (Å²) in [5.41, 5.74) is 10.7. The summed E-state index contributed by atoms with van der Waals surface area (Å²) in [6.07, 6.45) is 0.666. The predicted octanol–water partition coefficient (Wildman–Crippen LogP) is 1.12. The number of hydrogen-bond acceptors (Lipinski definition) is 8. The monoisotopic (exact) mass is 458 g/mol. The highest BCUT2D eigenvalue weighted by molar-refractivity contribution is 7.92. The maximum absolute atomic E-state index is 12.9. The Bertz CT molecular complexity index is 940. The molecule has 0 heterocycles. The van der Waals surface area contributed by atoms with Gasteiger partial charge in [0.15, 0.2) is 19.7 Å². The first kappa shape index (κ1) is 24.7. The van der Waals surface area contributed by atoms with Crippen LogP contribution in [0.1, 0.15) is 12.8 Å². The van der Waals surface area contributed by atoms with Crippen molar-refractivity contribution in [3.63, 3.8) is 0 Å². The fourth-order valence-corrected chi connectivity index (χ4v) is 6.12. The first-order valence-corrected chi connectivity index (χ1v) is 13.2. The Hall–Kier alpha value is -1.56. The first-order valence-electron chi connectivity index (χ1n) is 9.86. The first-order chi connectivity index (χ1) is 14.3. The van der Waals surface area contributed by atoms with Crippen LogP contribution in [0.4, 0.5) is 0 Å². The van der Waals surface area contributed by atoms with Crippen molar-refractivity contribution in [2.24, 2.45) is 11.5 Å². The van der Waals surface area contributed by atoms with Crippen molar-refractivity contribution in [1.82, 2.24) is 0 Å². The molecule has 0 aliphatic rings. The summed E-state index contributed by atoms with van der Waals surface area (Å²) < 4.78 is 61.9. The fourth-order valence-electron chi connectivity index (χ4n) is 3.09. The molecule has 168 valence electrons. The van der Waals surface area contributed by atoms with Gasteiger partial charge in [0.25, 0.3) is 0 Å². The van der Waals surface area contributed by atoms with E-state index in [0.29, 0.717) is 63.1 Å². The molecule has 2 aromatic carbocycles. The van der Waals surface area contributed by atoms with Gasteiger partial charge in [0.2, 0.25) is 0 Å². The molecule has 0 aliphatic carbocycles. The second kappa shape index (κ2) is 11.7. The highest BCUT2D eigenvalue weighted by Crippen LogP contribution is 2.30. The van der Waals surface area contributed by atoms with Crippen molar-refractivity contribution in [1.29, 1.82) is 0 Å². The molecule has 2 aromatic rings. The lowest BCUT2D eigenvalue weighted by molar-refractivity contribution is 0.142. The quantitative estimate of drug-likeness (QED) is 0.402. The summed E-state index contributed by atoms with van der Waals surface area (Å²) in [6, 6.07) is 9.44. The summed E-state index contributed by atoms with van der Waals surface area (Å²) in [4.78, 5) is 0.254. The van der Waals surface area contributed by atoms with Crippen LogP contribution in [0.5, 0.6) is 0 Å². The van der Waals surface area contributed by atoms with Crippen LogP contribution in [0.25, 0.3) is 10.8 Å². The zero-order valence-electron chi connectivity index (χ0n) is 17.0. The molecule has 0 saturated heterocycles. The van der Waals surface area contributed by atoms with Gasteiger partial charge in [0.1, 0.15) is 0 Å². The van der Waals surface area contributed by atoms with Crippen molar-refractivity contribution in [3.8, 4) is 0 Å². The minimum atomic E-state index is -3.60. The van der Waals surface area contributed by atoms with Gasteiger partial charge < -0.3 is 20.9 Å². The molecule has 0 radical (unpaired) electrons. The number of ether oxygens (including phenoxy) is 2. The Labute approximate surface area is 178 Å². The number of rotatable bonds is 14. The van der Waals surface area contributed by atoms with Gasteiger partial charge >= 0.3 is 0 Å². The number of nitrogens with two attached hydrogens (primary N) is 2. The van der Waals surface area contributed by atoms with Gasteiger partial charge in [-0.1, -0.05) is 24.3 Å². The van der Waals surface area contributed by atoms with Crippen LogP contribution in [-0.2, 0) is 29.1 Å². The van der Waals surface area contributed by atoms with E-state index in [0.717, 1.165) is 0 Å². The van der Waals surface area contributed by atoms with Crippen molar-refractivity contribution < 1.29 is 26.3 Å². The lowest BCUT2D eigenvalue weighted by Gasteiger charge is -2.12. The molecule has 0 amide bonds. The normalized spacial score (nSPS) is 12.5. The third-order valence-electron chi connectivity index (χ3n) is 4.44. The number of hydrogen-bond donors (Lipinski definition) is 2. The summed E-state index contributed by atoms with van der Waals surface area (Å²) in [7, 11) is -7.20. The molecule has 0 saturated carbocycles. The smallest absolute Gasteiger partial charge is 0.179 e. The van der Waals surface area contributed by atoms with E-state index < -0.39 is 19.7 Å². The van der Waals surface area contributed by atoms with Crippen molar-refractivity contribution in [2.75, 3.05) is 51.0 Å². The van der Waals surface area contributed by atoms with Crippen LogP contribution in [-0.4, -0.2) is 67.9 Å². The highest BCUT2D eigenvalue weighted by Gasteiger charge is 2.22. The minimum Gasteiger partial charge on any atom is -0.380 e. The molecule has 0 fully saturated rings. The molecule has 0 bridgehead atoms. The maximum Gasteiger partial charge on any atom is 0.179 e. The van der Waals surface area contributed by atoms with E-state index in [1.54, 1.807) is 24.3 Å². The van der Waals surface area contributed by atoms with Gasteiger partial charge in [-0.25, -0.2) is 16.8 Å². The van der Waals surface area contributed by atoms with Crippen LogP contribution in [0, 0.1) is 0 Å². The van der Waals surface area contributed by atoms with E-state index in [9.17, 15) is 16.8 Å². The van der Waals surface area contributed by atoms with Crippen LogP contribution in [0.15, 0.2) is 46.2 Å². The summed E-state index contributed by atoms with van der Waals surface area (Å²) in [5.74, 6) is -0.182. The van der Waals surface area contributed by atoms with Gasteiger partial charge in [0.05, 0.1) is 34.5 Å². The van der Waals surface area contributed by atoms with E-state index in [1.807, 2.05) is 0 Å². The highest BCUT2D eigenvalue weighted by atomic mass is 32.2. The maximum atomic E-state index is 12.9. The number of sulfone groups is 2. The molecule has 0 spiro atoms. The van der Waals surface area contributed by atoms with E-state index >= 15 is 0 Å². The lowest BCUT2D eigenvalue weighted by Crippen LogP contribution is -2.14. The van der Waals surface area contributed by atoms with E-state index in [-0.39, 0.29) is 21.3 Å². The molecular weight excluding hydrogens is 428 g/mol. The average Bonchev–Trinajstić information content (AvgIpc) is 2.72. The van der Waals surface area contributed by atoms with Crippen LogP contribution >= 0.6 is 0 Å². The molecule has 0 unspecified atom stereocenters. The average molecular weight is 459 g/mol. The third kappa shape index (κ3) is 6.73. The molecule has 30 heavy (non-hydrogen) atoms. The summed E-state index contributed by atoms with van der Waals surface area (Å²) in [5, 5.41) is 0.807. The van der Waals surface area contributed by atoms with Gasteiger partial charge in [-0.15, -0.1) is 0 Å². The Morgan fingerprint density at radius 1 is 0.633 bits per heavy atom. The van der Waals surface area contributed by atoms with Crippen molar-refractivity contribution in [2.45, 2.75) is 22.6 Å². The second-order valence-electron chi connectivity index (χ2n) is 6.75. The zero-order valence-corrected chi connectivity index (χ0v) is 18.6. The zero-order chi connectivity index (χ0) is 22.0. The molecule has 10 heteroatoms. The minimum absolute atomic E-state index is 0.0911. The predicted molar refractivity (Wildman–Crippen MR) is 117 cm³/mol. The van der Waals surface area contributed by atoms with E-state index in [1.165, 1.54) is 12.1 Å².